The maximum atomic E-state index is 12.3. The smallest absolute Gasteiger partial charge is 0.263 e. The lowest BCUT2D eigenvalue weighted by Gasteiger charge is -2.10. The lowest BCUT2D eigenvalue weighted by atomic mass is 10.2. The number of benzene rings is 1. The maximum absolute atomic E-state index is 12.3. The van der Waals surface area contributed by atoms with Gasteiger partial charge in [-0.05, 0) is 49.2 Å². The molecule has 2 rings (SSSR count). The van der Waals surface area contributed by atoms with Crippen LogP contribution in [0.25, 0.3) is 0 Å². The van der Waals surface area contributed by atoms with E-state index in [1.807, 2.05) is 13.0 Å². The highest BCUT2D eigenvalue weighted by Crippen LogP contribution is 2.22. The Balaban J connectivity index is 2.36. The molecule has 0 aliphatic heterocycles. The minimum Gasteiger partial charge on any atom is -0.326 e. The third kappa shape index (κ3) is 3.72. The fourth-order valence-electron chi connectivity index (χ4n) is 1.95. The summed E-state index contributed by atoms with van der Waals surface area (Å²) in [6, 6.07) is 7.99. The molecule has 0 spiro atoms. The third-order valence-electron chi connectivity index (χ3n) is 2.89. The monoisotopic (exact) mass is 325 g/mol. The molecule has 0 unspecified atom stereocenters. The van der Waals surface area contributed by atoms with Gasteiger partial charge in [0.2, 0.25) is 0 Å². The highest BCUT2D eigenvalue weighted by Gasteiger charge is 2.16. The molecule has 21 heavy (non-hydrogen) atoms. The lowest BCUT2D eigenvalue weighted by Crippen LogP contribution is -2.14. The van der Waals surface area contributed by atoms with E-state index in [0.29, 0.717) is 10.6 Å². The van der Waals surface area contributed by atoms with Crippen molar-refractivity contribution < 1.29 is 8.42 Å². The molecular formula is C14H16ClN3O2S. The van der Waals surface area contributed by atoms with Crippen molar-refractivity contribution in [3.8, 4) is 0 Å². The van der Waals surface area contributed by atoms with Crippen LogP contribution >= 0.6 is 11.6 Å². The van der Waals surface area contributed by atoms with Crippen molar-refractivity contribution in [3.05, 3.63) is 52.2 Å². The molecule has 0 aliphatic carbocycles. The van der Waals surface area contributed by atoms with Crippen molar-refractivity contribution in [2.75, 3.05) is 4.72 Å². The van der Waals surface area contributed by atoms with Crippen molar-refractivity contribution in [2.24, 2.45) is 5.73 Å². The van der Waals surface area contributed by atoms with Crippen LogP contribution in [0.3, 0.4) is 0 Å². The van der Waals surface area contributed by atoms with Gasteiger partial charge < -0.3 is 5.73 Å². The van der Waals surface area contributed by atoms with Crippen molar-refractivity contribution in [1.82, 2.24) is 4.98 Å². The van der Waals surface area contributed by atoms with Gasteiger partial charge in [0.1, 0.15) is 5.82 Å². The molecule has 0 atom stereocenters. The summed E-state index contributed by atoms with van der Waals surface area (Å²) in [4.78, 5) is 4.23. The van der Waals surface area contributed by atoms with Crippen LogP contribution in [-0.2, 0) is 16.6 Å². The largest absolute Gasteiger partial charge is 0.326 e. The van der Waals surface area contributed by atoms with Gasteiger partial charge in [-0.3, -0.25) is 4.72 Å². The van der Waals surface area contributed by atoms with E-state index in [9.17, 15) is 8.42 Å². The highest BCUT2D eigenvalue weighted by molar-refractivity contribution is 7.92. The molecule has 1 heterocycles. The Morgan fingerprint density at radius 3 is 2.52 bits per heavy atom. The van der Waals surface area contributed by atoms with E-state index in [0.717, 1.165) is 11.3 Å². The number of hydrogen-bond acceptors (Lipinski definition) is 4. The lowest BCUT2D eigenvalue weighted by molar-refractivity contribution is 0.601. The van der Waals surface area contributed by atoms with Crippen LogP contribution in [0.5, 0.6) is 0 Å². The average Bonchev–Trinajstić information content (AvgIpc) is 2.36. The fraction of sp³-hybridized carbons (Fsp3) is 0.214. The van der Waals surface area contributed by atoms with Crippen LogP contribution in [0.15, 0.2) is 35.2 Å². The Morgan fingerprint density at radius 1 is 1.24 bits per heavy atom. The fourth-order valence-corrected chi connectivity index (χ4v) is 3.29. The van der Waals surface area contributed by atoms with Gasteiger partial charge in [-0.25, -0.2) is 13.4 Å². The number of nitrogens with one attached hydrogen (secondary N) is 1. The first-order valence-corrected chi connectivity index (χ1v) is 8.14. The van der Waals surface area contributed by atoms with Crippen LogP contribution in [-0.4, -0.2) is 13.4 Å². The summed E-state index contributed by atoms with van der Waals surface area (Å²) in [6.07, 6.45) is 0. The average molecular weight is 326 g/mol. The van der Waals surface area contributed by atoms with E-state index in [1.165, 1.54) is 12.1 Å². The molecule has 112 valence electrons. The molecular weight excluding hydrogens is 310 g/mol. The third-order valence-corrected chi connectivity index (χ3v) is 4.60. The summed E-state index contributed by atoms with van der Waals surface area (Å²) in [5, 5.41) is 0.328. The number of rotatable bonds is 4. The Morgan fingerprint density at radius 2 is 1.95 bits per heavy atom. The number of pyridine rings is 1. The molecule has 0 radical (unpaired) electrons. The van der Waals surface area contributed by atoms with Gasteiger partial charge in [0.05, 0.1) is 4.90 Å². The summed E-state index contributed by atoms with van der Waals surface area (Å²) >= 11 is 6.00. The standard InChI is InChI=1S/C14H16ClN3O2S/c1-9-5-10(2)17-14(6-9)18-21(19,20)12-4-3-11(8-16)13(15)7-12/h3-7H,8,16H2,1-2H3,(H,17,18). The molecule has 3 N–H and O–H groups in total. The highest BCUT2D eigenvalue weighted by atomic mass is 35.5. The van der Waals surface area contributed by atoms with Crippen molar-refractivity contribution in [2.45, 2.75) is 25.3 Å². The van der Waals surface area contributed by atoms with Crippen LogP contribution in [0.1, 0.15) is 16.8 Å². The second-order valence-electron chi connectivity index (χ2n) is 4.73. The number of hydrogen-bond donors (Lipinski definition) is 2. The number of halogens is 1. The molecule has 2 aromatic rings. The molecule has 0 saturated carbocycles. The molecule has 0 saturated heterocycles. The van der Waals surface area contributed by atoms with E-state index in [-0.39, 0.29) is 17.3 Å². The number of aryl methyl sites for hydroxylation is 2. The van der Waals surface area contributed by atoms with E-state index in [2.05, 4.69) is 9.71 Å². The van der Waals surface area contributed by atoms with Crippen molar-refractivity contribution in [3.63, 3.8) is 0 Å². The molecule has 0 aliphatic rings. The molecule has 7 heteroatoms. The minimum atomic E-state index is -3.73. The number of nitrogens with zero attached hydrogens (tertiary/aromatic N) is 1. The van der Waals surface area contributed by atoms with E-state index < -0.39 is 10.0 Å². The summed E-state index contributed by atoms with van der Waals surface area (Å²) in [6.45, 7) is 3.93. The van der Waals surface area contributed by atoms with Gasteiger partial charge in [0, 0.05) is 17.3 Å². The molecule has 0 fully saturated rings. The van der Waals surface area contributed by atoms with Gasteiger partial charge in [0.15, 0.2) is 0 Å². The predicted octanol–water partition coefficient (Wildman–Crippen LogP) is 2.61. The molecule has 0 amide bonds. The normalized spacial score (nSPS) is 11.4. The predicted molar refractivity (Wildman–Crippen MR) is 83.9 cm³/mol. The number of anilines is 1. The molecule has 1 aromatic heterocycles. The van der Waals surface area contributed by atoms with Gasteiger partial charge in [-0.2, -0.15) is 0 Å². The summed E-state index contributed by atoms with van der Waals surface area (Å²) in [7, 11) is -3.73. The molecule has 1 aromatic carbocycles. The number of aromatic nitrogens is 1. The first kappa shape index (κ1) is 15.8. The number of sulfonamides is 1. The van der Waals surface area contributed by atoms with Gasteiger partial charge >= 0.3 is 0 Å². The SMILES string of the molecule is Cc1cc(C)nc(NS(=O)(=O)c2ccc(CN)c(Cl)c2)c1. The van der Waals surface area contributed by atoms with E-state index >= 15 is 0 Å². The molecule has 0 bridgehead atoms. The Bertz CT molecular complexity index is 756. The summed E-state index contributed by atoms with van der Waals surface area (Å²) in [5.74, 6) is 0.284. The zero-order valence-corrected chi connectivity index (χ0v) is 13.3. The van der Waals surface area contributed by atoms with Crippen LogP contribution in [0.2, 0.25) is 5.02 Å². The van der Waals surface area contributed by atoms with Gasteiger partial charge in [0.25, 0.3) is 10.0 Å². The first-order chi connectivity index (χ1) is 9.81. The second-order valence-corrected chi connectivity index (χ2v) is 6.82. The minimum absolute atomic E-state index is 0.0747. The Kier molecular flexibility index (Phi) is 4.51. The topological polar surface area (TPSA) is 85.1 Å². The van der Waals surface area contributed by atoms with Crippen molar-refractivity contribution in [1.29, 1.82) is 0 Å². The zero-order valence-electron chi connectivity index (χ0n) is 11.7. The number of nitrogens with two attached hydrogens (primary N) is 1. The Hall–Kier alpha value is -1.63. The summed E-state index contributed by atoms with van der Waals surface area (Å²) < 4.78 is 27.1. The van der Waals surface area contributed by atoms with Crippen molar-refractivity contribution >= 4 is 27.4 Å². The maximum Gasteiger partial charge on any atom is 0.263 e. The zero-order chi connectivity index (χ0) is 15.6. The summed E-state index contributed by atoms with van der Waals surface area (Å²) in [5.41, 5.74) is 7.87. The van der Waals surface area contributed by atoms with Crippen LogP contribution in [0, 0.1) is 13.8 Å². The van der Waals surface area contributed by atoms with Crippen LogP contribution in [0.4, 0.5) is 5.82 Å². The van der Waals surface area contributed by atoms with E-state index in [4.69, 9.17) is 17.3 Å². The second kappa shape index (κ2) is 6.01. The quantitative estimate of drug-likeness (QED) is 0.904. The van der Waals surface area contributed by atoms with Gasteiger partial charge in [-0.15, -0.1) is 0 Å². The first-order valence-electron chi connectivity index (χ1n) is 6.28. The Labute approximate surface area is 129 Å². The molecule has 5 nitrogen and oxygen atoms in total. The van der Waals surface area contributed by atoms with Gasteiger partial charge in [-0.1, -0.05) is 17.7 Å². The van der Waals surface area contributed by atoms with E-state index in [1.54, 1.807) is 19.1 Å². The van der Waals surface area contributed by atoms with Crippen LogP contribution < -0.4 is 10.5 Å².